The summed E-state index contributed by atoms with van der Waals surface area (Å²) in [6, 6.07) is 6.07. The molecule has 7 heteroatoms. The molecule has 0 aromatic heterocycles. The average molecular weight is 319 g/mol. The van der Waals surface area contributed by atoms with Crippen molar-refractivity contribution in [3.63, 3.8) is 0 Å². The molecule has 0 saturated heterocycles. The number of hydrogen-bond acceptors (Lipinski definition) is 1. The summed E-state index contributed by atoms with van der Waals surface area (Å²) < 4.78 is 51.2. The molecule has 110 valence electrons. The van der Waals surface area contributed by atoms with E-state index in [2.05, 4.69) is 0 Å². The number of carbonyl (C=O) groups is 1. The first kappa shape index (κ1) is 15.3. The van der Waals surface area contributed by atoms with Gasteiger partial charge in [0.05, 0.1) is 11.1 Å². The number of alkyl halides is 3. The molecule has 2 nitrogen and oxygen atoms in total. The maximum Gasteiger partial charge on any atom is 0.419 e. The van der Waals surface area contributed by atoms with Crippen LogP contribution in [0.25, 0.3) is 11.1 Å². The quantitative estimate of drug-likeness (QED) is 0.803. The molecule has 0 amide bonds. The lowest BCUT2D eigenvalue weighted by Crippen LogP contribution is -2.08. The van der Waals surface area contributed by atoms with E-state index in [-0.39, 0.29) is 21.7 Å². The van der Waals surface area contributed by atoms with Gasteiger partial charge in [-0.2, -0.15) is 13.2 Å². The number of carboxylic acids is 1. The number of carboxylic acid groups (broad SMARTS) is 1. The molecule has 0 heterocycles. The largest absolute Gasteiger partial charge is 0.478 e. The molecular formula is C14H7ClF4O2. The van der Waals surface area contributed by atoms with Crippen molar-refractivity contribution in [3.8, 4) is 11.1 Å². The topological polar surface area (TPSA) is 37.3 Å². The van der Waals surface area contributed by atoms with Gasteiger partial charge in [0.1, 0.15) is 5.82 Å². The fourth-order valence-electron chi connectivity index (χ4n) is 1.80. The van der Waals surface area contributed by atoms with E-state index in [4.69, 9.17) is 16.7 Å². The van der Waals surface area contributed by atoms with Crippen molar-refractivity contribution in [1.82, 2.24) is 0 Å². The highest BCUT2D eigenvalue weighted by atomic mass is 35.5. The summed E-state index contributed by atoms with van der Waals surface area (Å²) in [7, 11) is 0. The fourth-order valence-corrected chi connectivity index (χ4v) is 2.04. The van der Waals surface area contributed by atoms with Gasteiger partial charge in [-0.05, 0) is 41.5 Å². The zero-order chi connectivity index (χ0) is 15.8. The molecular weight excluding hydrogens is 312 g/mol. The van der Waals surface area contributed by atoms with Crippen molar-refractivity contribution >= 4 is 17.6 Å². The number of aromatic carboxylic acids is 1. The molecule has 21 heavy (non-hydrogen) atoms. The van der Waals surface area contributed by atoms with Gasteiger partial charge in [-0.15, -0.1) is 0 Å². The zero-order valence-corrected chi connectivity index (χ0v) is 11.0. The van der Waals surface area contributed by atoms with Gasteiger partial charge in [-0.25, -0.2) is 9.18 Å². The first-order chi connectivity index (χ1) is 9.68. The van der Waals surface area contributed by atoms with Gasteiger partial charge in [0.2, 0.25) is 0 Å². The van der Waals surface area contributed by atoms with Gasteiger partial charge in [0.25, 0.3) is 0 Å². The fraction of sp³-hybridized carbons (Fsp3) is 0.0714. The molecule has 2 aromatic carbocycles. The molecule has 0 radical (unpaired) electrons. The standard InChI is InChI=1S/C14H7ClF4O2/c15-10-4-8(3-9(5-10)13(20)21)7-1-2-12(16)11(6-7)14(17,18)19/h1-6H,(H,20,21). The van der Waals surface area contributed by atoms with Crippen molar-refractivity contribution in [2.45, 2.75) is 6.18 Å². The molecule has 0 unspecified atom stereocenters. The van der Waals surface area contributed by atoms with E-state index in [1.807, 2.05) is 0 Å². The Morgan fingerprint density at radius 2 is 1.71 bits per heavy atom. The number of hydrogen-bond donors (Lipinski definition) is 1. The highest BCUT2D eigenvalue weighted by Crippen LogP contribution is 2.35. The molecule has 0 spiro atoms. The minimum atomic E-state index is -4.84. The van der Waals surface area contributed by atoms with Gasteiger partial charge in [-0.3, -0.25) is 0 Å². The molecule has 0 saturated carbocycles. The van der Waals surface area contributed by atoms with Crippen LogP contribution in [0, 0.1) is 5.82 Å². The van der Waals surface area contributed by atoms with Crippen molar-refractivity contribution in [2.24, 2.45) is 0 Å². The van der Waals surface area contributed by atoms with E-state index >= 15 is 0 Å². The summed E-state index contributed by atoms with van der Waals surface area (Å²) in [5.41, 5.74) is -1.41. The number of rotatable bonds is 2. The lowest BCUT2D eigenvalue weighted by atomic mass is 10.0. The van der Waals surface area contributed by atoms with Crippen LogP contribution in [-0.2, 0) is 6.18 Å². The first-order valence-electron chi connectivity index (χ1n) is 5.59. The SMILES string of the molecule is O=C(O)c1cc(Cl)cc(-c2ccc(F)c(C(F)(F)F)c2)c1. The molecule has 0 aliphatic heterocycles. The van der Waals surface area contributed by atoms with E-state index in [0.29, 0.717) is 12.1 Å². The van der Waals surface area contributed by atoms with Crippen LogP contribution >= 0.6 is 11.6 Å². The van der Waals surface area contributed by atoms with E-state index in [1.165, 1.54) is 18.2 Å². The normalized spacial score (nSPS) is 11.5. The van der Waals surface area contributed by atoms with Crippen molar-refractivity contribution < 1.29 is 27.5 Å². The maximum absolute atomic E-state index is 13.2. The molecule has 1 N–H and O–H groups in total. The smallest absolute Gasteiger partial charge is 0.419 e. The van der Waals surface area contributed by atoms with Crippen LogP contribution in [0.15, 0.2) is 36.4 Å². The second-order valence-corrected chi connectivity index (χ2v) is 4.66. The highest BCUT2D eigenvalue weighted by molar-refractivity contribution is 6.31. The number of benzene rings is 2. The Labute approximate surface area is 121 Å². The third-order valence-electron chi connectivity index (χ3n) is 2.75. The average Bonchev–Trinajstić information content (AvgIpc) is 2.37. The minimum absolute atomic E-state index is 0.0220. The monoisotopic (exact) mass is 318 g/mol. The van der Waals surface area contributed by atoms with Crippen molar-refractivity contribution in [3.05, 3.63) is 58.4 Å². The minimum Gasteiger partial charge on any atom is -0.478 e. The Kier molecular flexibility index (Phi) is 3.91. The molecule has 0 aliphatic rings. The molecule has 0 bridgehead atoms. The lowest BCUT2D eigenvalue weighted by molar-refractivity contribution is -0.139. The second-order valence-electron chi connectivity index (χ2n) is 4.23. The van der Waals surface area contributed by atoms with Gasteiger partial charge in [-0.1, -0.05) is 17.7 Å². The molecule has 2 rings (SSSR count). The van der Waals surface area contributed by atoms with Crippen LogP contribution in [0.4, 0.5) is 17.6 Å². The Hall–Kier alpha value is -2.08. The van der Waals surface area contributed by atoms with Crippen LogP contribution in [-0.4, -0.2) is 11.1 Å². The van der Waals surface area contributed by atoms with Crippen molar-refractivity contribution in [1.29, 1.82) is 0 Å². The second kappa shape index (κ2) is 5.37. The Bertz CT molecular complexity index is 711. The predicted octanol–water partition coefficient (Wildman–Crippen LogP) is 4.86. The number of halogens is 5. The summed E-state index contributed by atoms with van der Waals surface area (Å²) in [4.78, 5) is 10.9. The van der Waals surface area contributed by atoms with Crippen LogP contribution in [0.1, 0.15) is 15.9 Å². The van der Waals surface area contributed by atoms with Crippen LogP contribution in [0.2, 0.25) is 5.02 Å². The maximum atomic E-state index is 13.2. The molecule has 0 aliphatic carbocycles. The van der Waals surface area contributed by atoms with Crippen LogP contribution in [0.3, 0.4) is 0 Å². The summed E-state index contributed by atoms with van der Waals surface area (Å²) >= 11 is 5.75. The third-order valence-corrected chi connectivity index (χ3v) is 2.97. The summed E-state index contributed by atoms with van der Waals surface area (Å²) in [6.45, 7) is 0. The van der Waals surface area contributed by atoms with Gasteiger partial charge in [0.15, 0.2) is 0 Å². The Morgan fingerprint density at radius 3 is 2.29 bits per heavy atom. The van der Waals surface area contributed by atoms with E-state index in [1.54, 1.807) is 0 Å². The van der Waals surface area contributed by atoms with Crippen molar-refractivity contribution in [2.75, 3.05) is 0 Å². The van der Waals surface area contributed by atoms with Gasteiger partial charge in [0, 0.05) is 5.02 Å². The first-order valence-corrected chi connectivity index (χ1v) is 5.97. The molecule has 0 fully saturated rings. The summed E-state index contributed by atoms with van der Waals surface area (Å²) in [5, 5.41) is 8.97. The predicted molar refractivity (Wildman–Crippen MR) is 68.8 cm³/mol. The zero-order valence-electron chi connectivity index (χ0n) is 10.2. The van der Waals surface area contributed by atoms with Crippen LogP contribution in [0.5, 0.6) is 0 Å². The lowest BCUT2D eigenvalue weighted by Gasteiger charge is -2.11. The van der Waals surface area contributed by atoms with E-state index in [9.17, 15) is 22.4 Å². The van der Waals surface area contributed by atoms with Crippen LogP contribution < -0.4 is 0 Å². The van der Waals surface area contributed by atoms with E-state index < -0.39 is 23.5 Å². The van der Waals surface area contributed by atoms with Gasteiger partial charge >= 0.3 is 12.1 Å². The third kappa shape index (κ3) is 3.33. The molecule has 2 aromatic rings. The Balaban J connectivity index is 2.60. The Morgan fingerprint density at radius 1 is 1.05 bits per heavy atom. The summed E-state index contributed by atoms with van der Waals surface area (Å²) in [6.07, 6.45) is -4.84. The molecule has 0 atom stereocenters. The van der Waals surface area contributed by atoms with Gasteiger partial charge < -0.3 is 5.11 Å². The summed E-state index contributed by atoms with van der Waals surface area (Å²) in [5.74, 6) is -2.66. The highest BCUT2D eigenvalue weighted by Gasteiger charge is 2.34. The van der Waals surface area contributed by atoms with E-state index in [0.717, 1.165) is 6.07 Å².